The van der Waals surface area contributed by atoms with Gasteiger partial charge in [-0.15, -0.1) is 0 Å². The van der Waals surface area contributed by atoms with E-state index in [1.807, 2.05) is 36.4 Å². The monoisotopic (exact) mass is 619 g/mol. The van der Waals surface area contributed by atoms with Crippen LogP contribution in [0, 0.1) is 0 Å². The normalized spacial score (nSPS) is 12.8. The lowest BCUT2D eigenvalue weighted by atomic mass is 10.0. The fraction of sp³-hybridized carbons (Fsp3) is 0.0476. The smallest absolute Gasteiger partial charge is 0.313 e. The van der Waals surface area contributed by atoms with E-state index in [9.17, 15) is 4.79 Å². The molecule has 4 aromatic heterocycles. The van der Waals surface area contributed by atoms with E-state index in [1.54, 1.807) is 15.3 Å². The molecule has 6 nitrogen and oxygen atoms in total. The molecule has 0 radical (unpaired) electrons. The third kappa shape index (κ3) is 3.80. The number of para-hydroxylation sites is 3. The van der Waals surface area contributed by atoms with Crippen molar-refractivity contribution < 1.29 is 0 Å². The molecule has 6 heteroatoms. The van der Waals surface area contributed by atoms with E-state index in [4.69, 9.17) is 4.98 Å². The zero-order valence-corrected chi connectivity index (χ0v) is 26.0. The van der Waals surface area contributed by atoms with Crippen LogP contribution in [0.4, 0.5) is 0 Å². The number of pyridine rings is 1. The zero-order chi connectivity index (χ0) is 31.8. The van der Waals surface area contributed by atoms with Crippen molar-refractivity contribution in [3.63, 3.8) is 0 Å². The van der Waals surface area contributed by atoms with Crippen molar-refractivity contribution in [3.05, 3.63) is 167 Å². The molecule has 0 fully saturated rings. The fourth-order valence-electron chi connectivity index (χ4n) is 7.72. The van der Waals surface area contributed by atoms with Gasteiger partial charge in [-0.1, -0.05) is 78.9 Å². The third-order valence-corrected chi connectivity index (χ3v) is 9.72. The third-order valence-electron chi connectivity index (χ3n) is 9.72. The molecule has 0 atom stereocenters. The Bertz CT molecular complexity index is 2770. The molecule has 1 aliphatic rings. The first-order chi connectivity index (χ1) is 23.8. The van der Waals surface area contributed by atoms with Crippen molar-refractivity contribution >= 4 is 49.9 Å². The summed E-state index contributed by atoms with van der Waals surface area (Å²) < 4.78 is 8.15. The largest absolute Gasteiger partial charge is 0.339 e. The van der Waals surface area contributed by atoms with Gasteiger partial charge in [0, 0.05) is 45.0 Å². The van der Waals surface area contributed by atoms with E-state index in [1.165, 1.54) is 32.9 Å². The second kappa shape index (κ2) is 10.3. The van der Waals surface area contributed by atoms with Crippen LogP contribution in [-0.4, -0.2) is 23.3 Å². The Morgan fingerprint density at radius 1 is 0.500 bits per heavy atom. The van der Waals surface area contributed by atoms with E-state index in [0.29, 0.717) is 5.65 Å². The summed E-state index contributed by atoms with van der Waals surface area (Å²) in [5, 5.41) is 3.64. The van der Waals surface area contributed by atoms with Crippen molar-refractivity contribution in [1.82, 2.24) is 23.3 Å². The highest BCUT2D eigenvalue weighted by Gasteiger charge is 2.21. The van der Waals surface area contributed by atoms with Crippen molar-refractivity contribution in [1.29, 1.82) is 0 Å². The van der Waals surface area contributed by atoms with Crippen LogP contribution in [0.25, 0.3) is 72.7 Å². The Labute approximate surface area is 275 Å². The van der Waals surface area contributed by atoms with Gasteiger partial charge in [0.25, 0.3) is 0 Å². The van der Waals surface area contributed by atoms with Crippen LogP contribution in [0.15, 0.2) is 151 Å². The number of fused-ring (bicyclic) bond motifs is 7. The van der Waals surface area contributed by atoms with E-state index in [0.717, 1.165) is 52.1 Å². The van der Waals surface area contributed by atoms with Crippen LogP contribution < -0.4 is 5.69 Å². The molecule has 228 valence electrons. The molecule has 0 spiro atoms. The van der Waals surface area contributed by atoms with Crippen molar-refractivity contribution in [3.8, 4) is 22.7 Å². The van der Waals surface area contributed by atoms with Gasteiger partial charge in [0.1, 0.15) is 0 Å². The first kappa shape index (κ1) is 26.8. The maximum Gasteiger partial charge on any atom is 0.339 e. The Kier molecular flexibility index (Phi) is 5.75. The second-order valence-corrected chi connectivity index (χ2v) is 12.4. The van der Waals surface area contributed by atoms with E-state index in [2.05, 4.69) is 118 Å². The number of benzene rings is 5. The fourth-order valence-corrected chi connectivity index (χ4v) is 7.72. The summed E-state index contributed by atoms with van der Waals surface area (Å²) in [6.07, 6.45) is 8.24. The van der Waals surface area contributed by atoms with Gasteiger partial charge in [-0.3, -0.25) is 4.57 Å². The molecule has 0 amide bonds. The lowest BCUT2D eigenvalue weighted by Gasteiger charge is -2.14. The van der Waals surface area contributed by atoms with Gasteiger partial charge in [0.05, 0.1) is 33.4 Å². The van der Waals surface area contributed by atoms with Crippen LogP contribution in [0.3, 0.4) is 0 Å². The first-order valence-electron chi connectivity index (χ1n) is 16.3. The van der Waals surface area contributed by atoms with Crippen molar-refractivity contribution in [2.45, 2.75) is 12.8 Å². The lowest BCUT2D eigenvalue weighted by molar-refractivity contribution is 0.884. The van der Waals surface area contributed by atoms with Crippen LogP contribution in [0.2, 0.25) is 0 Å². The molecule has 10 rings (SSSR count). The molecule has 4 heterocycles. The van der Waals surface area contributed by atoms with Gasteiger partial charge in [-0.2, -0.15) is 0 Å². The topological polar surface area (TPSA) is 49.7 Å². The number of hydrogen-bond acceptors (Lipinski definition) is 2. The molecule has 0 N–H and O–H groups in total. The Morgan fingerprint density at radius 3 is 1.73 bits per heavy atom. The summed E-state index contributed by atoms with van der Waals surface area (Å²) in [5.74, 6) is 0. The lowest BCUT2D eigenvalue weighted by Crippen LogP contribution is -2.22. The number of imidazole rings is 1. The second-order valence-electron chi connectivity index (χ2n) is 12.4. The predicted octanol–water partition coefficient (Wildman–Crippen LogP) is 9.18. The number of nitrogens with zero attached hydrogens (tertiary/aromatic N) is 5. The van der Waals surface area contributed by atoms with Gasteiger partial charge in [-0.25, -0.2) is 14.3 Å². The molecule has 5 aromatic carbocycles. The summed E-state index contributed by atoms with van der Waals surface area (Å²) in [5.41, 5.74) is 10.8. The van der Waals surface area contributed by atoms with Gasteiger partial charge in [0.2, 0.25) is 0 Å². The molecule has 0 saturated heterocycles. The SMILES string of the molecule is O=c1n(-c2cccc(-n3c4c(c5ccccc53)C=CCC4)c2)c2cccnc2n1-c1cccc(-n2c3ccccc3c3ccccc32)c1. The number of allylic oxidation sites excluding steroid dienone is 1. The van der Waals surface area contributed by atoms with Gasteiger partial charge < -0.3 is 9.13 Å². The molecule has 0 saturated carbocycles. The summed E-state index contributed by atoms with van der Waals surface area (Å²) in [6, 6.07) is 45.8. The Balaban J connectivity index is 1.17. The highest BCUT2D eigenvalue weighted by Crippen LogP contribution is 2.35. The summed E-state index contributed by atoms with van der Waals surface area (Å²) in [6.45, 7) is 0. The Hall–Kier alpha value is -6.40. The highest BCUT2D eigenvalue weighted by molar-refractivity contribution is 6.09. The summed E-state index contributed by atoms with van der Waals surface area (Å²) in [4.78, 5) is 19.4. The van der Waals surface area contributed by atoms with E-state index in [-0.39, 0.29) is 5.69 Å². The molecule has 0 bridgehead atoms. The molecule has 9 aromatic rings. The van der Waals surface area contributed by atoms with E-state index >= 15 is 0 Å². The number of hydrogen-bond donors (Lipinski definition) is 0. The molecular weight excluding hydrogens is 590 g/mol. The minimum absolute atomic E-state index is 0.164. The number of aromatic nitrogens is 5. The van der Waals surface area contributed by atoms with Crippen LogP contribution in [-0.2, 0) is 6.42 Å². The minimum Gasteiger partial charge on any atom is -0.313 e. The Morgan fingerprint density at radius 2 is 1.04 bits per heavy atom. The predicted molar refractivity (Wildman–Crippen MR) is 195 cm³/mol. The van der Waals surface area contributed by atoms with Crippen LogP contribution >= 0.6 is 0 Å². The van der Waals surface area contributed by atoms with Crippen molar-refractivity contribution in [2.24, 2.45) is 0 Å². The van der Waals surface area contributed by atoms with E-state index < -0.39 is 0 Å². The van der Waals surface area contributed by atoms with Gasteiger partial charge in [0.15, 0.2) is 5.65 Å². The standard InChI is InChI=1S/C42H29N5O/c48-42-46(30-14-9-12-28(26-30)44-36-20-5-1-16-32(36)33-17-2-6-21-37(33)44)40-24-11-25-43-41(40)47(42)31-15-10-13-29(27-31)45-38-22-7-3-18-34(38)35-19-4-8-23-39(35)45/h1-5,7-20,22-27H,6,21H2. The molecule has 0 aliphatic heterocycles. The first-order valence-corrected chi connectivity index (χ1v) is 16.3. The quantitative estimate of drug-likeness (QED) is 0.197. The van der Waals surface area contributed by atoms with Crippen molar-refractivity contribution in [2.75, 3.05) is 0 Å². The summed E-state index contributed by atoms with van der Waals surface area (Å²) >= 11 is 0. The average molecular weight is 620 g/mol. The zero-order valence-electron chi connectivity index (χ0n) is 26.0. The van der Waals surface area contributed by atoms with Gasteiger partial charge in [-0.05, 0) is 79.6 Å². The maximum absolute atomic E-state index is 14.6. The van der Waals surface area contributed by atoms with Gasteiger partial charge >= 0.3 is 5.69 Å². The highest BCUT2D eigenvalue weighted by atomic mass is 16.1. The molecular formula is C42H29N5O. The maximum atomic E-state index is 14.6. The number of rotatable bonds is 4. The van der Waals surface area contributed by atoms with Crippen LogP contribution in [0.1, 0.15) is 17.7 Å². The molecule has 1 aliphatic carbocycles. The summed E-state index contributed by atoms with van der Waals surface area (Å²) in [7, 11) is 0. The molecule has 0 unspecified atom stereocenters. The average Bonchev–Trinajstić information content (AvgIpc) is 3.77. The minimum atomic E-state index is -0.164. The van der Waals surface area contributed by atoms with Crippen LogP contribution in [0.5, 0.6) is 0 Å². The molecule has 48 heavy (non-hydrogen) atoms.